The third-order valence-electron chi connectivity index (χ3n) is 1.95. The second kappa shape index (κ2) is 3.80. The second-order valence-electron chi connectivity index (χ2n) is 2.98. The Balaban J connectivity index is 1.77. The Morgan fingerprint density at radius 3 is 3.31 bits per heavy atom. The number of nitrogens with zero attached hydrogens (tertiary/aromatic N) is 2. The first-order valence-electron chi connectivity index (χ1n) is 4.10. The molecule has 70 valence electrons. The molecule has 1 amide bonds. The second-order valence-corrected chi connectivity index (χ2v) is 3.59. The van der Waals surface area contributed by atoms with E-state index < -0.39 is 0 Å². The standard InChI is InChI=1S/C7H10N4OS/c12-7-1-5(2-9-7)8-3-6-4-13-11-10-6/h4-5,8H,1-3H2,(H,9,12). The van der Waals surface area contributed by atoms with Gasteiger partial charge in [-0.3, -0.25) is 4.79 Å². The molecule has 0 radical (unpaired) electrons. The van der Waals surface area contributed by atoms with E-state index in [1.807, 2.05) is 5.38 Å². The maximum absolute atomic E-state index is 10.8. The molecule has 0 aliphatic carbocycles. The fraction of sp³-hybridized carbons (Fsp3) is 0.571. The van der Waals surface area contributed by atoms with Gasteiger partial charge >= 0.3 is 0 Å². The lowest BCUT2D eigenvalue weighted by molar-refractivity contribution is -0.119. The van der Waals surface area contributed by atoms with Gasteiger partial charge in [0, 0.05) is 30.9 Å². The minimum atomic E-state index is 0.119. The highest BCUT2D eigenvalue weighted by Crippen LogP contribution is 2.01. The molecule has 2 N–H and O–H groups in total. The first-order chi connectivity index (χ1) is 6.34. The maximum atomic E-state index is 10.8. The molecular formula is C7H10N4OS. The molecule has 0 spiro atoms. The number of aromatic nitrogens is 2. The van der Waals surface area contributed by atoms with Crippen molar-refractivity contribution in [1.82, 2.24) is 20.2 Å². The zero-order valence-corrected chi connectivity index (χ0v) is 7.80. The highest BCUT2D eigenvalue weighted by Gasteiger charge is 2.20. The van der Waals surface area contributed by atoms with Gasteiger partial charge in [-0.05, 0) is 11.5 Å². The van der Waals surface area contributed by atoms with Crippen LogP contribution in [0, 0.1) is 0 Å². The zero-order valence-electron chi connectivity index (χ0n) is 6.99. The van der Waals surface area contributed by atoms with E-state index in [0.717, 1.165) is 12.2 Å². The molecule has 1 aliphatic heterocycles. The lowest BCUT2D eigenvalue weighted by Gasteiger charge is -2.07. The van der Waals surface area contributed by atoms with Crippen molar-refractivity contribution >= 4 is 17.4 Å². The molecule has 0 saturated carbocycles. The van der Waals surface area contributed by atoms with Crippen LogP contribution in [-0.2, 0) is 11.3 Å². The van der Waals surface area contributed by atoms with Crippen LogP contribution < -0.4 is 10.6 Å². The number of hydrogen-bond acceptors (Lipinski definition) is 5. The molecule has 1 aliphatic rings. The Kier molecular flexibility index (Phi) is 2.51. The van der Waals surface area contributed by atoms with Gasteiger partial charge in [-0.1, -0.05) is 4.49 Å². The van der Waals surface area contributed by atoms with Crippen LogP contribution in [0.3, 0.4) is 0 Å². The van der Waals surface area contributed by atoms with E-state index in [4.69, 9.17) is 0 Å². The van der Waals surface area contributed by atoms with E-state index >= 15 is 0 Å². The Morgan fingerprint density at radius 1 is 1.77 bits per heavy atom. The summed E-state index contributed by atoms with van der Waals surface area (Å²) in [4.78, 5) is 10.8. The van der Waals surface area contributed by atoms with Crippen LogP contribution in [0.1, 0.15) is 12.1 Å². The van der Waals surface area contributed by atoms with E-state index in [2.05, 4.69) is 20.2 Å². The highest BCUT2D eigenvalue weighted by atomic mass is 32.1. The molecule has 1 unspecified atom stereocenters. The normalized spacial score (nSPS) is 21.8. The summed E-state index contributed by atoms with van der Waals surface area (Å²) in [6, 6.07) is 0.245. The summed E-state index contributed by atoms with van der Waals surface area (Å²) in [5, 5.41) is 11.8. The summed E-state index contributed by atoms with van der Waals surface area (Å²) in [6.45, 7) is 1.41. The van der Waals surface area contributed by atoms with E-state index in [1.54, 1.807) is 0 Å². The van der Waals surface area contributed by atoms with Crippen LogP contribution in [-0.4, -0.2) is 28.1 Å². The quantitative estimate of drug-likeness (QED) is 0.688. The summed E-state index contributed by atoms with van der Waals surface area (Å²) in [5.41, 5.74) is 0.935. The van der Waals surface area contributed by atoms with Crippen molar-refractivity contribution in [2.24, 2.45) is 0 Å². The van der Waals surface area contributed by atoms with Gasteiger partial charge in [-0.2, -0.15) is 0 Å². The van der Waals surface area contributed by atoms with E-state index in [9.17, 15) is 4.79 Å². The lowest BCUT2D eigenvalue weighted by atomic mass is 10.2. The Hall–Kier alpha value is -1.01. The number of hydrogen-bond donors (Lipinski definition) is 2. The third-order valence-corrected chi connectivity index (χ3v) is 2.51. The van der Waals surface area contributed by atoms with Crippen LogP contribution in [0.5, 0.6) is 0 Å². The summed E-state index contributed by atoms with van der Waals surface area (Å²) >= 11 is 1.34. The molecule has 2 rings (SSSR count). The molecule has 1 saturated heterocycles. The van der Waals surface area contributed by atoms with Crippen molar-refractivity contribution in [3.8, 4) is 0 Å². The van der Waals surface area contributed by atoms with Gasteiger partial charge in [-0.15, -0.1) is 5.10 Å². The van der Waals surface area contributed by atoms with E-state index in [-0.39, 0.29) is 11.9 Å². The Bertz CT molecular complexity index is 287. The Morgan fingerprint density at radius 2 is 2.69 bits per heavy atom. The van der Waals surface area contributed by atoms with Crippen LogP contribution in [0.25, 0.3) is 0 Å². The number of amides is 1. The Labute approximate surface area is 79.7 Å². The molecule has 5 nitrogen and oxygen atoms in total. The topological polar surface area (TPSA) is 66.9 Å². The smallest absolute Gasteiger partial charge is 0.221 e. The maximum Gasteiger partial charge on any atom is 0.221 e. The molecule has 0 aromatic carbocycles. The van der Waals surface area contributed by atoms with Gasteiger partial charge in [0.05, 0.1) is 5.69 Å². The molecule has 1 atom stereocenters. The van der Waals surface area contributed by atoms with E-state index in [1.165, 1.54) is 11.5 Å². The van der Waals surface area contributed by atoms with Crippen LogP contribution in [0.15, 0.2) is 5.38 Å². The molecular weight excluding hydrogens is 188 g/mol. The largest absolute Gasteiger partial charge is 0.354 e. The molecule has 0 bridgehead atoms. The van der Waals surface area contributed by atoms with E-state index in [0.29, 0.717) is 13.0 Å². The predicted molar refractivity (Wildman–Crippen MR) is 48.2 cm³/mol. The average molecular weight is 198 g/mol. The fourth-order valence-electron chi connectivity index (χ4n) is 1.26. The summed E-state index contributed by atoms with van der Waals surface area (Å²) in [6.07, 6.45) is 0.567. The molecule has 1 aromatic heterocycles. The van der Waals surface area contributed by atoms with Gasteiger partial charge in [0.25, 0.3) is 0 Å². The van der Waals surface area contributed by atoms with Crippen molar-refractivity contribution in [2.75, 3.05) is 6.54 Å². The van der Waals surface area contributed by atoms with Crippen LogP contribution in [0.2, 0.25) is 0 Å². The monoisotopic (exact) mass is 198 g/mol. The predicted octanol–water partition coefficient (Wildman–Crippen LogP) is -0.484. The minimum absolute atomic E-state index is 0.119. The third kappa shape index (κ3) is 2.22. The summed E-state index contributed by atoms with van der Waals surface area (Å²) in [7, 11) is 0. The van der Waals surface area contributed by atoms with Crippen molar-refractivity contribution in [2.45, 2.75) is 19.0 Å². The molecule has 2 heterocycles. The van der Waals surface area contributed by atoms with Crippen molar-refractivity contribution in [1.29, 1.82) is 0 Å². The summed E-state index contributed by atoms with van der Waals surface area (Å²) in [5.74, 6) is 0.119. The molecule has 1 fully saturated rings. The number of rotatable bonds is 3. The molecule has 13 heavy (non-hydrogen) atoms. The SMILES string of the molecule is O=C1CC(NCc2csnn2)CN1. The van der Waals surface area contributed by atoms with Gasteiger partial charge < -0.3 is 10.6 Å². The first kappa shape index (κ1) is 8.58. The van der Waals surface area contributed by atoms with Crippen LogP contribution >= 0.6 is 11.5 Å². The number of carbonyl (C=O) groups is 1. The van der Waals surface area contributed by atoms with Gasteiger partial charge in [0.1, 0.15) is 0 Å². The van der Waals surface area contributed by atoms with Crippen molar-refractivity contribution in [3.63, 3.8) is 0 Å². The zero-order chi connectivity index (χ0) is 9.10. The summed E-state index contributed by atoms with van der Waals surface area (Å²) < 4.78 is 3.75. The van der Waals surface area contributed by atoms with Gasteiger partial charge in [0.15, 0.2) is 0 Å². The molecule has 6 heteroatoms. The lowest BCUT2D eigenvalue weighted by Crippen LogP contribution is -2.30. The van der Waals surface area contributed by atoms with Gasteiger partial charge in [0.2, 0.25) is 5.91 Å². The first-order valence-corrected chi connectivity index (χ1v) is 4.94. The molecule has 1 aromatic rings. The highest BCUT2D eigenvalue weighted by molar-refractivity contribution is 7.03. The number of nitrogens with one attached hydrogen (secondary N) is 2. The van der Waals surface area contributed by atoms with Crippen LogP contribution in [0.4, 0.5) is 0 Å². The average Bonchev–Trinajstić information content (AvgIpc) is 2.71. The fourth-order valence-corrected chi connectivity index (χ4v) is 1.71. The van der Waals surface area contributed by atoms with Crippen molar-refractivity contribution < 1.29 is 4.79 Å². The minimum Gasteiger partial charge on any atom is -0.354 e. The van der Waals surface area contributed by atoms with Gasteiger partial charge in [-0.25, -0.2) is 0 Å². The number of carbonyl (C=O) groups excluding carboxylic acids is 1. The van der Waals surface area contributed by atoms with Crippen molar-refractivity contribution in [3.05, 3.63) is 11.1 Å².